The van der Waals surface area contributed by atoms with E-state index in [9.17, 15) is 9.90 Å². The molecule has 0 bridgehead atoms. The van der Waals surface area contributed by atoms with Crippen molar-refractivity contribution < 1.29 is 14.6 Å². The van der Waals surface area contributed by atoms with Crippen LogP contribution in [0.3, 0.4) is 0 Å². The van der Waals surface area contributed by atoms with Crippen LogP contribution in [0, 0.1) is 6.92 Å². The molecule has 2 aromatic rings. The molecule has 5 heteroatoms. The molecule has 0 radical (unpaired) electrons. The number of nitrogens with one attached hydrogen (secondary N) is 1. The Hall–Kier alpha value is -2.04. The highest BCUT2D eigenvalue weighted by atomic mass is 35.5. The summed E-state index contributed by atoms with van der Waals surface area (Å²) < 4.78 is 5.53. The molecule has 2 N–H and O–H groups in total. The van der Waals surface area contributed by atoms with Gasteiger partial charge < -0.3 is 15.2 Å². The summed E-state index contributed by atoms with van der Waals surface area (Å²) in [6.07, 6.45) is -0.284. The monoisotopic (exact) mass is 333 g/mol. The molecule has 0 aromatic heterocycles. The molecule has 0 unspecified atom stereocenters. The summed E-state index contributed by atoms with van der Waals surface area (Å²) in [5, 5.41) is 13.0. The van der Waals surface area contributed by atoms with E-state index in [1.165, 1.54) is 6.07 Å². The van der Waals surface area contributed by atoms with Crippen LogP contribution in [0.25, 0.3) is 0 Å². The Bertz CT molecular complexity index is 685. The molecule has 0 aliphatic heterocycles. The van der Waals surface area contributed by atoms with Gasteiger partial charge in [0.1, 0.15) is 11.9 Å². The fraction of sp³-hybridized carbons (Fsp3) is 0.278. The van der Waals surface area contributed by atoms with Gasteiger partial charge in [-0.3, -0.25) is 4.79 Å². The molecule has 0 fully saturated rings. The van der Waals surface area contributed by atoms with Crippen molar-refractivity contribution in [3.63, 3.8) is 0 Å². The molecule has 0 aliphatic rings. The van der Waals surface area contributed by atoms with Crippen LogP contribution in [-0.4, -0.2) is 24.2 Å². The van der Waals surface area contributed by atoms with Crippen LogP contribution < -0.4 is 5.32 Å². The topological polar surface area (TPSA) is 58.6 Å². The van der Waals surface area contributed by atoms with Crippen molar-refractivity contribution in [1.29, 1.82) is 0 Å². The summed E-state index contributed by atoms with van der Waals surface area (Å²) in [5.74, 6) is -0.0611. The van der Waals surface area contributed by atoms with Gasteiger partial charge in [0, 0.05) is 17.7 Å². The fourth-order valence-corrected chi connectivity index (χ4v) is 2.67. The predicted octanol–water partition coefficient (Wildman–Crippen LogP) is 3.86. The number of halogens is 1. The SMILES string of the molecule is CO[C@H](c1ccc(Cl)cc1)[C@@H](C)NC(=O)c1ccc(O)cc1C. The molecule has 0 heterocycles. The normalized spacial score (nSPS) is 13.4. The first-order valence-electron chi connectivity index (χ1n) is 7.31. The summed E-state index contributed by atoms with van der Waals surface area (Å²) in [6, 6.07) is 11.8. The van der Waals surface area contributed by atoms with Gasteiger partial charge in [-0.15, -0.1) is 0 Å². The summed E-state index contributed by atoms with van der Waals surface area (Å²) in [7, 11) is 1.60. The van der Waals surface area contributed by atoms with Gasteiger partial charge in [0.2, 0.25) is 0 Å². The Morgan fingerprint density at radius 2 is 1.87 bits per heavy atom. The molecule has 2 aromatic carbocycles. The largest absolute Gasteiger partial charge is 0.508 e. The lowest BCUT2D eigenvalue weighted by Gasteiger charge is -2.24. The summed E-state index contributed by atoms with van der Waals surface area (Å²) in [5.41, 5.74) is 2.18. The number of benzene rings is 2. The number of hydrogen-bond acceptors (Lipinski definition) is 3. The van der Waals surface area contributed by atoms with Crippen LogP contribution in [0.4, 0.5) is 0 Å². The van der Waals surface area contributed by atoms with Crippen LogP contribution in [0.1, 0.15) is 34.5 Å². The number of amides is 1. The second kappa shape index (κ2) is 7.49. The number of ether oxygens (including phenoxy) is 1. The maximum atomic E-state index is 12.4. The zero-order valence-electron chi connectivity index (χ0n) is 13.3. The third-order valence-electron chi connectivity index (χ3n) is 3.72. The van der Waals surface area contributed by atoms with Crippen molar-refractivity contribution >= 4 is 17.5 Å². The third-order valence-corrected chi connectivity index (χ3v) is 3.97. The number of phenolic OH excluding ortho intramolecular Hbond substituents is 1. The molecule has 0 saturated carbocycles. The third kappa shape index (κ3) is 4.24. The lowest BCUT2D eigenvalue weighted by molar-refractivity contribution is 0.0644. The number of phenols is 1. The first-order valence-corrected chi connectivity index (χ1v) is 7.69. The average molecular weight is 334 g/mol. The van der Waals surface area contributed by atoms with Crippen molar-refractivity contribution in [3.05, 3.63) is 64.2 Å². The molecule has 2 atom stereocenters. The zero-order chi connectivity index (χ0) is 17.0. The molecular weight excluding hydrogens is 314 g/mol. The number of methoxy groups -OCH3 is 1. The summed E-state index contributed by atoms with van der Waals surface area (Å²) in [6.45, 7) is 3.67. The Labute approximate surface area is 141 Å². The van der Waals surface area contributed by atoms with Crippen LogP contribution in [-0.2, 0) is 4.74 Å². The minimum absolute atomic E-state index is 0.142. The molecule has 23 heavy (non-hydrogen) atoms. The van der Waals surface area contributed by atoms with Crippen LogP contribution in [0.2, 0.25) is 5.02 Å². The van der Waals surface area contributed by atoms with E-state index in [0.29, 0.717) is 10.6 Å². The molecule has 122 valence electrons. The van der Waals surface area contributed by atoms with Crippen molar-refractivity contribution in [3.8, 4) is 5.75 Å². The smallest absolute Gasteiger partial charge is 0.251 e. The number of rotatable bonds is 5. The Morgan fingerprint density at radius 1 is 1.22 bits per heavy atom. The van der Waals surface area contributed by atoms with E-state index in [1.807, 2.05) is 19.1 Å². The van der Waals surface area contributed by atoms with Crippen LogP contribution in [0.15, 0.2) is 42.5 Å². The highest BCUT2D eigenvalue weighted by Gasteiger charge is 2.22. The van der Waals surface area contributed by atoms with Crippen molar-refractivity contribution in [2.75, 3.05) is 7.11 Å². The lowest BCUT2D eigenvalue weighted by atomic mass is 10.0. The number of carbonyl (C=O) groups is 1. The van der Waals surface area contributed by atoms with Crippen molar-refractivity contribution in [1.82, 2.24) is 5.32 Å². The average Bonchev–Trinajstić information content (AvgIpc) is 2.49. The zero-order valence-corrected chi connectivity index (χ0v) is 14.1. The molecule has 2 rings (SSSR count). The number of aryl methyl sites for hydroxylation is 1. The minimum atomic E-state index is -0.284. The molecule has 0 aliphatic carbocycles. The Kier molecular flexibility index (Phi) is 5.64. The van der Waals surface area contributed by atoms with Gasteiger partial charge in [-0.25, -0.2) is 0 Å². The first-order chi connectivity index (χ1) is 10.9. The lowest BCUT2D eigenvalue weighted by Crippen LogP contribution is -2.38. The van der Waals surface area contributed by atoms with E-state index in [2.05, 4.69) is 5.32 Å². The first kappa shape index (κ1) is 17.3. The van der Waals surface area contributed by atoms with Gasteiger partial charge >= 0.3 is 0 Å². The molecule has 0 saturated heterocycles. The van der Waals surface area contributed by atoms with Gasteiger partial charge in [0.15, 0.2) is 0 Å². The van der Waals surface area contributed by atoms with Gasteiger partial charge in [0.05, 0.1) is 6.04 Å². The van der Waals surface area contributed by atoms with E-state index in [0.717, 1.165) is 11.1 Å². The van der Waals surface area contributed by atoms with Gasteiger partial charge in [-0.2, -0.15) is 0 Å². The van der Waals surface area contributed by atoms with E-state index >= 15 is 0 Å². The van der Waals surface area contributed by atoms with E-state index < -0.39 is 0 Å². The standard InChI is InChI=1S/C18H20ClNO3/c1-11-10-15(21)8-9-16(11)18(22)20-12(2)17(23-3)13-4-6-14(19)7-5-13/h4-10,12,17,21H,1-3H3,(H,20,22)/t12-,17+/m1/s1. The maximum absolute atomic E-state index is 12.4. The number of aromatic hydroxyl groups is 1. The quantitative estimate of drug-likeness (QED) is 0.873. The maximum Gasteiger partial charge on any atom is 0.251 e. The van der Waals surface area contributed by atoms with Gasteiger partial charge in [-0.1, -0.05) is 23.7 Å². The van der Waals surface area contributed by atoms with E-state index in [-0.39, 0.29) is 23.8 Å². The second-order valence-electron chi connectivity index (χ2n) is 5.47. The highest BCUT2D eigenvalue weighted by Crippen LogP contribution is 2.23. The molecule has 1 amide bonds. The second-order valence-corrected chi connectivity index (χ2v) is 5.91. The van der Waals surface area contributed by atoms with Gasteiger partial charge in [-0.05, 0) is 55.3 Å². The molecule has 4 nitrogen and oxygen atoms in total. The summed E-state index contributed by atoms with van der Waals surface area (Å²) in [4.78, 5) is 12.4. The minimum Gasteiger partial charge on any atom is -0.508 e. The molecular formula is C18H20ClNO3. The van der Waals surface area contributed by atoms with Crippen molar-refractivity contribution in [2.45, 2.75) is 26.0 Å². The van der Waals surface area contributed by atoms with Crippen LogP contribution in [0.5, 0.6) is 5.75 Å². The van der Waals surface area contributed by atoms with E-state index in [1.54, 1.807) is 38.3 Å². The van der Waals surface area contributed by atoms with E-state index in [4.69, 9.17) is 16.3 Å². The number of hydrogen-bond donors (Lipinski definition) is 2. The summed E-state index contributed by atoms with van der Waals surface area (Å²) >= 11 is 5.90. The number of carbonyl (C=O) groups excluding carboxylic acids is 1. The predicted molar refractivity (Wildman–Crippen MR) is 91.0 cm³/mol. The molecule has 0 spiro atoms. The Morgan fingerprint density at radius 3 is 2.43 bits per heavy atom. The van der Waals surface area contributed by atoms with Crippen LogP contribution >= 0.6 is 11.6 Å². The Balaban J connectivity index is 2.14. The van der Waals surface area contributed by atoms with Crippen molar-refractivity contribution in [2.24, 2.45) is 0 Å². The fourth-order valence-electron chi connectivity index (χ4n) is 2.54. The highest BCUT2D eigenvalue weighted by molar-refractivity contribution is 6.30. The van der Waals surface area contributed by atoms with Gasteiger partial charge in [0.25, 0.3) is 5.91 Å².